The monoisotopic (exact) mass is 248 g/mol. The summed E-state index contributed by atoms with van der Waals surface area (Å²) >= 11 is 0. The minimum atomic E-state index is 0.360. The van der Waals surface area contributed by atoms with Crippen LogP contribution in [0.25, 0.3) is 0 Å². The molecule has 0 spiro atoms. The van der Waals surface area contributed by atoms with E-state index in [0.717, 1.165) is 0 Å². The van der Waals surface area contributed by atoms with Crippen molar-refractivity contribution < 1.29 is 0 Å². The number of nitrogens with one attached hydrogen (secondary N) is 1. The lowest BCUT2D eigenvalue weighted by Gasteiger charge is -2.33. The Bertz CT molecular complexity index is 340. The summed E-state index contributed by atoms with van der Waals surface area (Å²) in [4.78, 5) is 4.48. The molecule has 2 heteroatoms. The number of likely N-dealkylation sites (N-methyl/N-ethyl adjacent to an activating group) is 1. The Morgan fingerprint density at radius 3 is 2.33 bits per heavy atom. The Morgan fingerprint density at radius 2 is 1.89 bits per heavy atom. The van der Waals surface area contributed by atoms with Crippen LogP contribution in [0.5, 0.6) is 0 Å². The quantitative estimate of drug-likeness (QED) is 0.856. The summed E-state index contributed by atoms with van der Waals surface area (Å²) in [6.07, 6.45) is 3.06. The first-order valence-electron chi connectivity index (χ1n) is 6.94. The van der Waals surface area contributed by atoms with Gasteiger partial charge in [0.2, 0.25) is 0 Å². The standard InChI is InChI=1S/C16H28N2/c1-12(16(3,4)5)11-15(17-6)13(2)14-9-7-8-10-18-14/h7-10,12-13,15,17H,11H2,1-6H3. The number of pyridine rings is 1. The maximum Gasteiger partial charge on any atom is 0.0447 e. The molecule has 0 saturated heterocycles. The van der Waals surface area contributed by atoms with Crippen molar-refractivity contribution in [3.05, 3.63) is 30.1 Å². The van der Waals surface area contributed by atoms with Crippen LogP contribution in [0.4, 0.5) is 0 Å². The minimum Gasteiger partial charge on any atom is -0.316 e. The van der Waals surface area contributed by atoms with Crippen LogP contribution in [0.15, 0.2) is 24.4 Å². The maximum atomic E-state index is 4.48. The summed E-state index contributed by atoms with van der Waals surface area (Å²) in [7, 11) is 2.06. The molecule has 1 aromatic rings. The third kappa shape index (κ3) is 4.09. The lowest BCUT2D eigenvalue weighted by Crippen LogP contribution is -2.35. The van der Waals surface area contributed by atoms with Gasteiger partial charge in [-0.1, -0.05) is 40.7 Å². The summed E-state index contributed by atoms with van der Waals surface area (Å²) < 4.78 is 0. The normalized spacial score (nSPS) is 17.2. The van der Waals surface area contributed by atoms with Crippen LogP contribution < -0.4 is 5.32 Å². The smallest absolute Gasteiger partial charge is 0.0447 e. The van der Waals surface area contributed by atoms with Crippen LogP contribution in [0.2, 0.25) is 0 Å². The highest BCUT2D eigenvalue weighted by atomic mass is 14.9. The highest BCUT2D eigenvalue weighted by Crippen LogP contribution is 2.32. The molecule has 0 aliphatic carbocycles. The van der Waals surface area contributed by atoms with E-state index in [-0.39, 0.29) is 0 Å². The topological polar surface area (TPSA) is 24.9 Å². The first-order chi connectivity index (χ1) is 8.36. The summed E-state index contributed by atoms with van der Waals surface area (Å²) in [5, 5.41) is 3.46. The van der Waals surface area contributed by atoms with E-state index in [1.165, 1.54) is 12.1 Å². The molecular weight excluding hydrogens is 220 g/mol. The molecular formula is C16H28N2. The van der Waals surface area contributed by atoms with Crippen LogP contribution in [-0.2, 0) is 0 Å². The number of nitrogens with zero attached hydrogens (tertiary/aromatic N) is 1. The van der Waals surface area contributed by atoms with Crippen molar-refractivity contribution in [2.45, 2.75) is 53.0 Å². The molecule has 1 N–H and O–H groups in total. The van der Waals surface area contributed by atoms with Crippen molar-refractivity contribution in [2.75, 3.05) is 7.05 Å². The second kappa shape index (κ2) is 6.33. The zero-order valence-electron chi connectivity index (χ0n) is 12.7. The van der Waals surface area contributed by atoms with Crippen molar-refractivity contribution in [1.82, 2.24) is 10.3 Å². The van der Waals surface area contributed by atoms with E-state index in [9.17, 15) is 0 Å². The van der Waals surface area contributed by atoms with Gasteiger partial charge in [0, 0.05) is 23.9 Å². The number of hydrogen-bond acceptors (Lipinski definition) is 2. The van der Waals surface area contributed by atoms with E-state index in [0.29, 0.717) is 23.3 Å². The molecule has 0 amide bonds. The largest absolute Gasteiger partial charge is 0.316 e. The van der Waals surface area contributed by atoms with E-state index in [1.54, 1.807) is 0 Å². The Labute approximate surface area is 112 Å². The molecule has 0 aromatic carbocycles. The van der Waals surface area contributed by atoms with Crippen molar-refractivity contribution in [3.63, 3.8) is 0 Å². The number of rotatable bonds is 5. The number of aromatic nitrogens is 1. The summed E-state index contributed by atoms with van der Waals surface area (Å²) in [6, 6.07) is 6.65. The van der Waals surface area contributed by atoms with Crippen molar-refractivity contribution >= 4 is 0 Å². The van der Waals surface area contributed by atoms with Crippen LogP contribution in [-0.4, -0.2) is 18.1 Å². The molecule has 2 nitrogen and oxygen atoms in total. The maximum absolute atomic E-state index is 4.48. The fourth-order valence-corrected chi connectivity index (χ4v) is 2.16. The highest BCUT2D eigenvalue weighted by molar-refractivity contribution is 5.11. The van der Waals surface area contributed by atoms with E-state index in [1.807, 2.05) is 12.3 Å². The van der Waals surface area contributed by atoms with Gasteiger partial charge in [0.15, 0.2) is 0 Å². The molecule has 0 bridgehead atoms. The lowest BCUT2D eigenvalue weighted by molar-refractivity contribution is 0.217. The van der Waals surface area contributed by atoms with Gasteiger partial charge < -0.3 is 5.32 Å². The van der Waals surface area contributed by atoms with Gasteiger partial charge in [-0.25, -0.2) is 0 Å². The van der Waals surface area contributed by atoms with Crippen molar-refractivity contribution in [2.24, 2.45) is 11.3 Å². The summed E-state index contributed by atoms with van der Waals surface area (Å²) in [5.74, 6) is 1.13. The second-order valence-electron chi connectivity index (χ2n) is 6.44. The lowest BCUT2D eigenvalue weighted by atomic mass is 9.76. The minimum absolute atomic E-state index is 0.360. The van der Waals surface area contributed by atoms with Gasteiger partial charge in [-0.05, 0) is 36.9 Å². The van der Waals surface area contributed by atoms with Gasteiger partial charge in [0.05, 0.1) is 0 Å². The molecule has 1 heterocycles. The van der Waals surface area contributed by atoms with Gasteiger partial charge in [-0.3, -0.25) is 4.98 Å². The first-order valence-corrected chi connectivity index (χ1v) is 6.94. The third-order valence-electron chi connectivity index (χ3n) is 4.21. The fourth-order valence-electron chi connectivity index (χ4n) is 2.16. The van der Waals surface area contributed by atoms with E-state index >= 15 is 0 Å². The Kier molecular flexibility index (Phi) is 5.33. The average molecular weight is 248 g/mol. The average Bonchev–Trinajstić information content (AvgIpc) is 2.34. The molecule has 0 fully saturated rings. The van der Waals surface area contributed by atoms with Crippen molar-refractivity contribution in [3.8, 4) is 0 Å². The van der Waals surface area contributed by atoms with Gasteiger partial charge in [-0.2, -0.15) is 0 Å². The highest BCUT2D eigenvalue weighted by Gasteiger charge is 2.26. The molecule has 0 aliphatic rings. The zero-order chi connectivity index (χ0) is 13.8. The molecule has 0 radical (unpaired) electrons. The second-order valence-corrected chi connectivity index (χ2v) is 6.44. The number of hydrogen-bond donors (Lipinski definition) is 1. The van der Waals surface area contributed by atoms with E-state index in [4.69, 9.17) is 0 Å². The molecule has 1 aromatic heterocycles. The SMILES string of the molecule is CNC(CC(C)C(C)(C)C)C(C)c1ccccn1. The molecule has 3 atom stereocenters. The van der Waals surface area contributed by atoms with Crippen LogP contribution in [0.3, 0.4) is 0 Å². The van der Waals surface area contributed by atoms with Gasteiger partial charge >= 0.3 is 0 Å². The Hall–Kier alpha value is -0.890. The van der Waals surface area contributed by atoms with E-state index < -0.39 is 0 Å². The zero-order valence-corrected chi connectivity index (χ0v) is 12.7. The van der Waals surface area contributed by atoms with Crippen molar-refractivity contribution in [1.29, 1.82) is 0 Å². The van der Waals surface area contributed by atoms with Crippen LogP contribution >= 0.6 is 0 Å². The summed E-state index contributed by atoms with van der Waals surface area (Å²) in [6.45, 7) is 11.6. The molecule has 102 valence electrons. The van der Waals surface area contributed by atoms with Crippen LogP contribution in [0.1, 0.15) is 52.7 Å². The molecule has 0 saturated carbocycles. The van der Waals surface area contributed by atoms with E-state index in [2.05, 4.69) is 64.1 Å². The van der Waals surface area contributed by atoms with Crippen LogP contribution in [0, 0.1) is 11.3 Å². The Morgan fingerprint density at radius 1 is 1.22 bits per heavy atom. The van der Waals surface area contributed by atoms with Gasteiger partial charge in [0.1, 0.15) is 0 Å². The summed E-state index contributed by atoms with van der Waals surface area (Å²) in [5.41, 5.74) is 1.54. The predicted octanol–water partition coefficient (Wildman–Crippen LogP) is 3.85. The third-order valence-corrected chi connectivity index (χ3v) is 4.21. The fraction of sp³-hybridized carbons (Fsp3) is 0.688. The Balaban J connectivity index is 2.72. The van der Waals surface area contributed by atoms with Gasteiger partial charge in [0.25, 0.3) is 0 Å². The molecule has 0 aliphatic heterocycles. The molecule has 3 unspecified atom stereocenters. The predicted molar refractivity (Wildman–Crippen MR) is 78.7 cm³/mol. The molecule has 1 rings (SSSR count). The van der Waals surface area contributed by atoms with Gasteiger partial charge in [-0.15, -0.1) is 0 Å². The first kappa shape index (κ1) is 15.2. The molecule has 18 heavy (non-hydrogen) atoms.